The van der Waals surface area contributed by atoms with Crippen LogP contribution >= 0.6 is 0 Å². The third kappa shape index (κ3) is 3.22. The number of nitrogens with zero attached hydrogens (tertiary/aromatic N) is 1. The lowest BCUT2D eigenvalue weighted by atomic mass is 10.1. The predicted octanol–water partition coefficient (Wildman–Crippen LogP) is 2.17. The summed E-state index contributed by atoms with van der Waals surface area (Å²) in [5.74, 6) is 0. The zero-order valence-corrected chi connectivity index (χ0v) is 10.9. The van der Waals surface area contributed by atoms with E-state index in [2.05, 4.69) is 23.5 Å². The first-order valence-corrected chi connectivity index (χ1v) is 6.21. The van der Waals surface area contributed by atoms with Gasteiger partial charge in [0.2, 0.25) is 0 Å². The Bertz CT molecular complexity index is 505. The summed E-state index contributed by atoms with van der Waals surface area (Å²) in [5.41, 5.74) is 1.07. The summed E-state index contributed by atoms with van der Waals surface area (Å²) in [6.45, 7) is 1.23. The summed E-state index contributed by atoms with van der Waals surface area (Å²) in [4.78, 5) is 1.98. The van der Waals surface area contributed by atoms with Crippen LogP contribution in [0.1, 0.15) is 0 Å². The molecule has 0 saturated carbocycles. The molecule has 0 aliphatic rings. The van der Waals surface area contributed by atoms with Crippen molar-refractivity contribution in [2.45, 2.75) is 6.10 Å². The molecule has 0 aliphatic heterocycles. The molecule has 1 atom stereocenters. The van der Waals surface area contributed by atoms with Gasteiger partial charge in [-0.3, -0.25) is 0 Å². The van der Waals surface area contributed by atoms with Crippen molar-refractivity contribution in [2.75, 3.05) is 32.5 Å². The van der Waals surface area contributed by atoms with Gasteiger partial charge >= 0.3 is 0 Å². The second-order valence-electron chi connectivity index (χ2n) is 4.82. The van der Waals surface area contributed by atoms with E-state index in [4.69, 9.17) is 0 Å². The third-order valence-electron chi connectivity index (χ3n) is 2.89. The summed E-state index contributed by atoms with van der Waals surface area (Å²) in [6.07, 6.45) is -0.362. The first-order chi connectivity index (χ1) is 8.66. The number of aliphatic hydroxyl groups is 1. The highest BCUT2D eigenvalue weighted by Gasteiger charge is 2.06. The van der Waals surface area contributed by atoms with Crippen LogP contribution in [0.4, 0.5) is 5.69 Å². The van der Waals surface area contributed by atoms with Crippen LogP contribution in [0, 0.1) is 0 Å². The van der Waals surface area contributed by atoms with E-state index in [1.807, 2.05) is 43.3 Å². The molecule has 0 aromatic heterocycles. The fraction of sp³-hybridized carbons (Fsp3) is 0.333. The normalized spacial score (nSPS) is 12.9. The molecule has 18 heavy (non-hydrogen) atoms. The summed E-state index contributed by atoms with van der Waals surface area (Å²) in [6, 6.07) is 14.4. The largest absolute Gasteiger partial charge is 0.390 e. The average molecular weight is 244 g/mol. The Hall–Kier alpha value is -1.58. The van der Waals surface area contributed by atoms with Crippen molar-refractivity contribution in [3.8, 4) is 0 Å². The highest BCUT2D eigenvalue weighted by molar-refractivity contribution is 5.93. The van der Waals surface area contributed by atoms with Crippen LogP contribution in [0.5, 0.6) is 0 Å². The van der Waals surface area contributed by atoms with Gasteiger partial charge in [-0.15, -0.1) is 0 Å². The van der Waals surface area contributed by atoms with E-state index in [0.717, 1.165) is 5.69 Å². The quantitative estimate of drug-likeness (QED) is 0.846. The lowest BCUT2D eigenvalue weighted by Crippen LogP contribution is -2.31. The van der Waals surface area contributed by atoms with Crippen molar-refractivity contribution in [3.05, 3.63) is 42.5 Å². The van der Waals surface area contributed by atoms with Gasteiger partial charge in [-0.05, 0) is 25.5 Å². The summed E-state index contributed by atoms with van der Waals surface area (Å²) < 4.78 is 0. The van der Waals surface area contributed by atoms with E-state index < -0.39 is 0 Å². The monoisotopic (exact) mass is 244 g/mol. The molecular weight excluding hydrogens is 224 g/mol. The molecule has 0 heterocycles. The highest BCUT2D eigenvalue weighted by atomic mass is 16.3. The van der Waals surface area contributed by atoms with Gasteiger partial charge in [-0.2, -0.15) is 0 Å². The second kappa shape index (κ2) is 5.85. The smallest absolute Gasteiger partial charge is 0.0838 e. The number of hydrogen-bond donors (Lipinski definition) is 2. The number of rotatable bonds is 5. The van der Waals surface area contributed by atoms with Gasteiger partial charge in [0.1, 0.15) is 0 Å². The number of nitrogens with one attached hydrogen (secondary N) is 1. The molecule has 0 bridgehead atoms. The summed E-state index contributed by atoms with van der Waals surface area (Å²) >= 11 is 0. The number of hydrogen-bond acceptors (Lipinski definition) is 3. The molecule has 0 fully saturated rings. The van der Waals surface area contributed by atoms with Crippen LogP contribution in [-0.2, 0) is 0 Å². The standard InChI is InChI=1S/C15H20N2O/c1-17(2)11-13(18)10-16-15-9-5-7-12-6-3-4-8-14(12)15/h3-9,13,16,18H,10-11H2,1-2H3. The zero-order valence-electron chi connectivity index (χ0n) is 10.9. The van der Waals surface area contributed by atoms with Crippen molar-refractivity contribution < 1.29 is 5.11 Å². The summed E-state index contributed by atoms with van der Waals surface area (Å²) in [7, 11) is 3.92. The van der Waals surface area contributed by atoms with Gasteiger partial charge in [0.25, 0.3) is 0 Å². The Morgan fingerprint density at radius 1 is 1.11 bits per heavy atom. The number of anilines is 1. The summed E-state index contributed by atoms with van der Waals surface area (Å²) in [5, 5.41) is 15.6. The fourth-order valence-electron chi connectivity index (χ4n) is 2.09. The molecular formula is C15H20N2O. The Kier molecular flexibility index (Phi) is 4.18. The minimum Gasteiger partial charge on any atom is -0.390 e. The van der Waals surface area contributed by atoms with Gasteiger partial charge in [-0.25, -0.2) is 0 Å². The number of aliphatic hydroxyl groups excluding tert-OH is 1. The van der Waals surface area contributed by atoms with Crippen LogP contribution in [0.15, 0.2) is 42.5 Å². The van der Waals surface area contributed by atoms with Gasteiger partial charge < -0.3 is 15.3 Å². The Labute approximate surface area is 108 Å². The molecule has 0 radical (unpaired) electrons. The SMILES string of the molecule is CN(C)CC(O)CNc1cccc2ccccc12. The molecule has 2 aromatic carbocycles. The van der Waals surface area contributed by atoms with Crippen LogP contribution in [0.3, 0.4) is 0 Å². The first-order valence-electron chi connectivity index (χ1n) is 6.21. The predicted molar refractivity (Wildman–Crippen MR) is 77.0 cm³/mol. The van der Waals surface area contributed by atoms with Crippen molar-refractivity contribution in [1.82, 2.24) is 4.90 Å². The molecule has 2 rings (SSSR count). The molecule has 0 amide bonds. The number of likely N-dealkylation sites (N-methyl/N-ethyl adjacent to an activating group) is 1. The Balaban J connectivity index is 2.08. The van der Waals surface area contributed by atoms with E-state index >= 15 is 0 Å². The number of benzene rings is 2. The first kappa shape index (κ1) is 12.9. The maximum atomic E-state index is 9.85. The maximum Gasteiger partial charge on any atom is 0.0838 e. The van der Waals surface area contributed by atoms with Crippen molar-refractivity contribution in [1.29, 1.82) is 0 Å². The topological polar surface area (TPSA) is 35.5 Å². The molecule has 2 N–H and O–H groups in total. The lowest BCUT2D eigenvalue weighted by Gasteiger charge is -2.17. The molecule has 0 saturated heterocycles. The molecule has 96 valence electrons. The van der Waals surface area contributed by atoms with E-state index in [0.29, 0.717) is 13.1 Å². The highest BCUT2D eigenvalue weighted by Crippen LogP contribution is 2.22. The van der Waals surface area contributed by atoms with Gasteiger partial charge in [0, 0.05) is 24.2 Å². The third-order valence-corrected chi connectivity index (χ3v) is 2.89. The minimum absolute atomic E-state index is 0.362. The van der Waals surface area contributed by atoms with E-state index in [1.54, 1.807) is 0 Å². The fourth-order valence-corrected chi connectivity index (χ4v) is 2.09. The molecule has 1 unspecified atom stereocenters. The van der Waals surface area contributed by atoms with E-state index in [-0.39, 0.29) is 6.10 Å². The minimum atomic E-state index is -0.362. The average Bonchev–Trinajstić information content (AvgIpc) is 2.35. The maximum absolute atomic E-state index is 9.85. The molecule has 2 aromatic rings. The Morgan fingerprint density at radius 2 is 1.83 bits per heavy atom. The van der Waals surface area contributed by atoms with Gasteiger partial charge in [0.15, 0.2) is 0 Å². The lowest BCUT2D eigenvalue weighted by molar-refractivity contribution is 0.148. The van der Waals surface area contributed by atoms with Crippen LogP contribution < -0.4 is 5.32 Å². The zero-order chi connectivity index (χ0) is 13.0. The van der Waals surface area contributed by atoms with E-state index in [1.165, 1.54) is 10.8 Å². The van der Waals surface area contributed by atoms with Gasteiger partial charge in [0.05, 0.1) is 6.10 Å². The number of fused-ring (bicyclic) bond motifs is 1. The molecule has 3 nitrogen and oxygen atoms in total. The van der Waals surface area contributed by atoms with E-state index in [9.17, 15) is 5.11 Å². The van der Waals surface area contributed by atoms with Gasteiger partial charge in [-0.1, -0.05) is 36.4 Å². The van der Waals surface area contributed by atoms with Crippen molar-refractivity contribution in [3.63, 3.8) is 0 Å². The van der Waals surface area contributed by atoms with Crippen molar-refractivity contribution in [2.24, 2.45) is 0 Å². The van der Waals surface area contributed by atoms with Crippen LogP contribution in [0.25, 0.3) is 10.8 Å². The molecule has 3 heteroatoms. The van der Waals surface area contributed by atoms with Crippen molar-refractivity contribution >= 4 is 16.5 Å². The Morgan fingerprint density at radius 3 is 2.61 bits per heavy atom. The molecule has 0 aliphatic carbocycles. The second-order valence-corrected chi connectivity index (χ2v) is 4.82. The van der Waals surface area contributed by atoms with Crippen LogP contribution in [0.2, 0.25) is 0 Å². The molecule has 0 spiro atoms. The van der Waals surface area contributed by atoms with Crippen LogP contribution in [-0.4, -0.2) is 43.3 Å².